The van der Waals surface area contributed by atoms with Gasteiger partial charge in [-0.15, -0.1) is 22.7 Å². The van der Waals surface area contributed by atoms with Gasteiger partial charge in [0, 0.05) is 4.88 Å². The van der Waals surface area contributed by atoms with Gasteiger partial charge in [0.1, 0.15) is 15.5 Å². The number of aryl methyl sites for hydroxylation is 1. The Morgan fingerprint density at radius 1 is 1.41 bits per heavy atom. The minimum absolute atomic E-state index is 0.250. The van der Waals surface area contributed by atoms with Gasteiger partial charge in [0.05, 0.1) is 12.5 Å². The number of thiophene rings is 2. The average Bonchev–Trinajstić information content (AvgIpc) is 3.12. The number of nitrogens with one attached hydrogen (secondary N) is 1. The predicted octanol–water partition coefficient (Wildman–Crippen LogP) is 3.31. The van der Waals surface area contributed by atoms with Crippen LogP contribution in [-0.4, -0.2) is 23.0 Å². The lowest BCUT2D eigenvalue weighted by atomic mass is 10.2. The first-order valence-electron chi connectivity index (χ1n) is 6.43. The number of carbonyl (C=O) groups excluding carboxylic acids is 1. The summed E-state index contributed by atoms with van der Waals surface area (Å²) in [6.07, 6.45) is 3.63. The molecule has 3 aromatic heterocycles. The molecule has 3 rings (SSSR count). The van der Waals surface area contributed by atoms with E-state index in [0.29, 0.717) is 26.5 Å². The fourth-order valence-corrected chi connectivity index (χ4v) is 3.80. The van der Waals surface area contributed by atoms with Crippen molar-refractivity contribution in [1.29, 1.82) is 0 Å². The van der Waals surface area contributed by atoms with Crippen molar-refractivity contribution in [3.8, 4) is 0 Å². The van der Waals surface area contributed by atoms with Crippen LogP contribution in [0.4, 0.5) is 0 Å². The minimum atomic E-state index is -0.449. The third-order valence-corrected chi connectivity index (χ3v) is 5.14. The lowest BCUT2D eigenvalue weighted by molar-refractivity contribution is 0.0605. The van der Waals surface area contributed by atoms with E-state index in [2.05, 4.69) is 9.97 Å². The molecule has 0 saturated carbocycles. The molecule has 0 aliphatic rings. The standard InChI is InChI=1S/C15H12N2O3S2/c1-8-11-13(18)16-10(6-5-9-4-3-7-21-9)17-14(11)22-12(8)15(19)20-2/h3-7H,1-2H3,(H,16,17,18)/b6-5+. The van der Waals surface area contributed by atoms with Crippen molar-refractivity contribution in [2.45, 2.75) is 6.92 Å². The van der Waals surface area contributed by atoms with Crippen LogP contribution in [0.1, 0.15) is 25.9 Å². The van der Waals surface area contributed by atoms with E-state index in [0.717, 1.165) is 4.88 Å². The fraction of sp³-hybridized carbons (Fsp3) is 0.133. The molecule has 0 aliphatic carbocycles. The summed E-state index contributed by atoms with van der Waals surface area (Å²) in [6.45, 7) is 1.73. The Balaban J connectivity index is 2.09. The van der Waals surface area contributed by atoms with E-state index in [1.165, 1.54) is 18.4 Å². The molecule has 1 N–H and O–H groups in total. The van der Waals surface area contributed by atoms with Crippen LogP contribution < -0.4 is 5.56 Å². The van der Waals surface area contributed by atoms with Crippen molar-refractivity contribution in [2.24, 2.45) is 0 Å². The Hall–Kier alpha value is -2.25. The monoisotopic (exact) mass is 332 g/mol. The van der Waals surface area contributed by atoms with Gasteiger partial charge in [-0.05, 0) is 36.1 Å². The van der Waals surface area contributed by atoms with Gasteiger partial charge >= 0.3 is 5.97 Å². The van der Waals surface area contributed by atoms with E-state index >= 15 is 0 Å². The lowest BCUT2D eigenvalue weighted by Gasteiger charge is -1.96. The molecule has 3 heterocycles. The minimum Gasteiger partial charge on any atom is -0.465 e. The first kappa shape index (κ1) is 14.7. The molecule has 0 radical (unpaired) electrons. The van der Waals surface area contributed by atoms with Crippen LogP contribution in [0.2, 0.25) is 0 Å². The Morgan fingerprint density at radius 3 is 2.91 bits per heavy atom. The van der Waals surface area contributed by atoms with Crippen LogP contribution in [0.25, 0.3) is 22.4 Å². The molecule has 0 spiro atoms. The van der Waals surface area contributed by atoms with Crippen molar-refractivity contribution in [3.05, 3.63) is 49.0 Å². The third-order valence-electron chi connectivity index (χ3n) is 3.14. The third kappa shape index (κ3) is 2.60. The number of hydrogen-bond donors (Lipinski definition) is 1. The summed E-state index contributed by atoms with van der Waals surface area (Å²) >= 11 is 2.77. The maximum atomic E-state index is 12.2. The average molecular weight is 332 g/mol. The fourth-order valence-electron chi connectivity index (χ4n) is 2.07. The number of fused-ring (bicyclic) bond motifs is 1. The van der Waals surface area contributed by atoms with Crippen LogP contribution in [0.5, 0.6) is 0 Å². The zero-order chi connectivity index (χ0) is 15.7. The predicted molar refractivity (Wildman–Crippen MR) is 89.6 cm³/mol. The van der Waals surface area contributed by atoms with E-state index in [1.54, 1.807) is 24.3 Å². The molecular formula is C15H12N2O3S2. The highest BCUT2D eigenvalue weighted by Crippen LogP contribution is 2.27. The van der Waals surface area contributed by atoms with Gasteiger partial charge in [0.2, 0.25) is 0 Å². The summed E-state index contributed by atoms with van der Waals surface area (Å²) in [7, 11) is 1.32. The van der Waals surface area contributed by atoms with Gasteiger partial charge in [-0.1, -0.05) is 6.07 Å². The van der Waals surface area contributed by atoms with Crippen LogP contribution >= 0.6 is 22.7 Å². The Morgan fingerprint density at radius 2 is 2.23 bits per heavy atom. The topological polar surface area (TPSA) is 72.0 Å². The van der Waals surface area contributed by atoms with Gasteiger partial charge < -0.3 is 9.72 Å². The summed E-state index contributed by atoms with van der Waals surface area (Å²) < 4.78 is 4.73. The Labute approximate surface area is 133 Å². The zero-order valence-electron chi connectivity index (χ0n) is 11.9. The molecule has 0 aliphatic heterocycles. The van der Waals surface area contributed by atoms with Crippen LogP contribution in [0.3, 0.4) is 0 Å². The van der Waals surface area contributed by atoms with Crippen LogP contribution in [0, 0.1) is 6.92 Å². The van der Waals surface area contributed by atoms with Gasteiger partial charge in [0.25, 0.3) is 5.56 Å². The molecule has 0 aromatic carbocycles. The molecule has 0 amide bonds. The largest absolute Gasteiger partial charge is 0.465 e. The molecule has 0 unspecified atom stereocenters. The number of hydrogen-bond acceptors (Lipinski definition) is 6. The first-order valence-corrected chi connectivity index (χ1v) is 8.13. The molecule has 0 fully saturated rings. The molecule has 0 saturated heterocycles. The maximum Gasteiger partial charge on any atom is 0.348 e. The number of H-pyrrole nitrogens is 1. The summed E-state index contributed by atoms with van der Waals surface area (Å²) in [5, 5.41) is 2.42. The quantitative estimate of drug-likeness (QED) is 0.747. The van der Waals surface area contributed by atoms with Crippen LogP contribution in [-0.2, 0) is 4.74 Å². The number of aromatic amines is 1. The maximum absolute atomic E-state index is 12.2. The van der Waals surface area contributed by atoms with Crippen molar-refractivity contribution in [3.63, 3.8) is 0 Å². The van der Waals surface area contributed by atoms with Gasteiger partial charge in [-0.25, -0.2) is 9.78 Å². The number of esters is 1. The molecular weight excluding hydrogens is 320 g/mol. The second kappa shape index (κ2) is 5.86. The highest BCUT2D eigenvalue weighted by molar-refractivity contribution is 7.20. The lowest BCUT2D eigenvalue weighted by Crippen LogP contribution is -2.09. The van der Waals surface area contributed by atoms with Crippen molar-refractivity contribution < 1.29 is 9.53 Å². The van der Waals surface area contributed by atoms with E-state index in [-0.39, 0.29) is 5.56 Å². The Bertz CT molecular complexity index is 920. The molecule has 0 atom stereocenters. The molecule has 5 nitrogen and oxygen atoms in total. The van der Waals surface area contributed by atoms with E-state index in [4.69, 9.17) is 4.74 Å². The first-order chi connectivity index (χ1) is 10.6. The normalized spacial score (nSPS) is 11.4. The summed E-state index contributed by atoms with van der Waals surface area (Å²) in [5.74, 6) is 0.0131. The van der Waals surface area contributed by atoms with Gasteiger partial charge in [-0.3, -0.25) is 4.79 Å². The summed E-state index contributed by atoms with van der Waals surface area (Å²) in [6, 6.07) is 3.93. The number of aromatic nitrogens is 2. The van der Waals surface area contributed by atoms with E-state index in [1.807, 2.05) is 23.6 Å². The van der Waals surface area contributed by atoms with Crippen molar-refractivity contribution in [1.82, 2.24) is 9.97 Å². The van der Waals surface area contributed by atoms with E-state index < -0.39 is 5.97 Å². The van der Waals surface area contributed by atoms with Crippen molar-refractivity contribution >= 4 is 51.0 Å². The number of nitrogens with zero attached hydrogens (tertiary/aromatic N) is 1. The number of carbonyl (C=O) groups is 1. The summed E-state index contributed by atoms with van der Waals surface area (Å²) in [5.41, 5.74) is 0.356. The van der Waals surface area contributed by atoms with Crippen LogP contribution in [0.15, 0.2) is 22.3 Å². The number of rotatable bonds is 3. The molecule has 0 bridgehead atoms. The SMILES string of the molecule is COC(=O)c1sc2nc(/C=C/c3cccs3)[nH]c(=O)c2c1C. The molecule has 22 heavy (non-hydrogen) atoms. The second-order valence-electron chi connectivity index (χ2n) is 4.53. The number of methoxy groups -OCH3 is 1. The summed E-state index contributed by atoms with van der Waals surface area (Å²) in [4.78, 5) is 33.1. The molecule has 3 aromatic rings. The van der Waals surface area contributed by atoms with Gasteiger partial charge in [-0.2, -0.15) is 0 Å². The van der Waals surface area contributed by atoms with Gasteiger partial charge in [0.15, 0.2) is 0 Å². The highest BCUT2D eigenvalue weighted by atomic mass is 32.1. The second-order valence-corrected chi connectivity index (χ2v) is 6.51. The zero-order valence-corrected chi connectivity index (χ0v) is 13.5. The molecule has 112 valence electrons. The van der Waals surface area contributed by atoms with Crippen molar-refractivity contribution in [2.75, 3.05) is 7.11 Å². The smallest absolute Gasteiger partial charge is 0.348 e. The molecule has 7 heteroatoms. The Kier molecular flexibility index (Phi) is 3.91. The number of ether oxygens (including phenoxy) is 1. The highest BCUT2D eigenvalue weighted by Gasteiger charge is 2.19. The van der Waals surface area contributed by atoms with E-state index in [9.17, 15) is 9.59 Å².